The Labute approximate surface area is 107 Å². The fraction of sp³-hybridized carbons (Fsp3) is 0.692. The van der Waals surface area contributed by atoms with E-state index in [1.165, 1.54) is 6.07 Å². The van der Waals surface area contributed by atoms with Gasteiger partial charge in [-0.25, -0.2) is 4.98 Å². The minimum atomic E-state index is -0.107. The van der Waals surface area contributed by atoms with Crippen LogP contribution in [-0.2, 0) is 11.2 Å². The number of H-pyrrole nitrogens is 1. The molecule has 1 aliphatic carbocycles. The van der Waals surface area contributed by atoms with Gasteiger partial charge >= 0.3 is 0 Å². The van der Waals surface area contributed by atoms with Crippen LogP contribution in [0.2, 0.25) is 0 Å². The van der Waals surface area contributed by atoms with Crippen molar-refractivity contribution in [1.82, 2.24) is 9.97 Å². The Morgan fingerprint density at radius 3 is 2.89 bits per heavy atom. The third-order valence-corrected chi connectivity index (χ3v) is 3.91. The zero-order chi connectivity index (χ0) is 13.3. The topological polar surface area (TPSA) is 67.0 Å². The Balaban J connectivity index is 2.12. The van der Waals surface area contributed by atoms with Crippen molar-refractivity contribution in [3.63, 3.8) is 0 Å². The molecule has 1 saturated carbocycles. The number of aryl methyl sites for hydroxylation is 1. The first kappa shape index (κ1) is 13.1. The van der Waals surface area contributed by atoms with Crippen molar-refractivity contribution in [3.8, 4) is 0 Å². The van der Waals surface area contributed by atoms with E-state index in [9.17, 15) is 4.79 Å². The van der Waals surface area contributed by atoms with Crippen molar-refractivity contribution in [2.24, 2.45) is 5.41 Å². The van der Waals surface area contributed by atoms with E-state index in [0.717, 1.165) is 12.8 Å². The zero-order valence-corrected chi connectivity index (χ0v) is 11.4. The first-order valence-electron chi connectivity index (χ1n) is 6.37. The molecular formula is C13H21N3O2. The molecule has 0 aliphatic heterocycles. The normalized spacial score (nSPS) is 25.6. The van der Waals surface area contributed by atoms with Gasteiger partial charge in [-0.05, 0) is 6.42 Å². The Kier molecular flexibility index (Phi) is 3.43. The summed E-state index contributed by atoms with van der Waals surface area (Å²) in [6.45, 7) is 6.29. The third kappa shape index (κ3) is 2.27. The number of ether oxygens (including phenoxy) is 1. The highest BCUT2D eigenvalue weighted by Crippen LogP contribution is 2.43. The molecule has 18 heavy (non-hydrogen) atoms. The Morgan fingerprint density at radius 1 is 1.61 bits per heavy atom. The second kappa shape index (κ2) is 4.72. The average molecular weight is 251 g/mol. The van der Waals surface area contributed by atoms with Crippen molar-refractivity contribution >= 4 is 5.82 Å². The molecule has 1 aliphatic rings. The first-order chi connectivity index (χ1) is 8.47. The number of nitrogens with zero attached hydrogens (tertiary/aromatic N) is 1. The molecule has 2 atom stereocenters. The number of nitrogens with one attached hydrogen (secondary N) is 2. The molecule has 2 N–H and O–H groups in total. The molecule has 1 aromatic rings. The minimum absolute atomic E-state index is 0.0609. The van der Waals surface area contributed by atoms with E-state index < -0.39 is 0 Å². The maximum absolute atomic E-state index is 11.5. The Morgan fingerprint density at radius 2 is 2.33 bits per heavy atom. The molecule has 0 saturated heterocycles. The van der Waals surface area contributed by atoms with Crippen LogP contribution >= 0.6 is 0 Å². The number of aromatic amines is 1. The van der Waals surface area contributed by atoms with Gasteiger partial charge in [0.25, 0.3) is 5.56 Å². The van der Waals surface area contributed by atoms with Crippen LogP contribution in [0.1, 0.15) is 33.0 Å². The van der Waals surface area contributed by atoms with Crippen LogP contribution < -0.4 is 10.9 Å². The molecule has 1 aromatic heterocycles. The maximum Gasteiger partial charge on any atom is 0.252 e. The summed E-state index contributed by atoms with van der Waals surface area (Å²) < 4.78 is 5.41. The first-order valence-corrected chi connectivity index (χ1v) is 6.37. The van der Waals surface area contributed by atoms with E-state index in [0.29, 0.717) is 17.7 Å². The van der Waals surface area contributed by atoms with Gasteiger partial charge in [0.15, 0.2) is 0 Å². The lowest BCUT2D eigenvalue weighted by Crippen LogP contribution is -2.57. The molecule has 0 amide bonds. The minimum Gasteiger partial charge on any atom is -0.381 e. The molecule has 2 unspecified atom stereocenters. The van der Waals surface area contributed by atoms with E-state index in [1.54, 1.807) is 7.11 Å². The Hall–Kier alpha value is -1.36. The molecule has 100 valence electrons. The van der Waals surface area contributed by atoms with E-state index in [1.807, 2.05) is 6.92 Å². The van der Waals surface area contributed by atoms with Gasteiger partial charge in [0.05, 0.1) is 6.10 Å². The predicted octanol–water partition coefficient (Wildman–Crippen LogP) is 1.56. The standard InChI is InChI=1S/C13H21N3O2/c1-5-10-15-11(7-12(17)16-10)14-8-6-9(18-4)13(8,2)3/h7-9H,5-6H2,1-4H3,(H2,14,15,16,17). The van der Waals surface area contributed by atoms with Crippen LogP contribution in [-0.4, -0.2) is 29.2 Å². The van der Waals surface area contributed by atoms with Gasteiger partial charge < -0.3 is 15.0 Å². The van der Waals surface area contributed by atoms with E-state index in [4.69, 9.17) is 4.74 Å². The van der Waals surface area contributed by atoms with Crippen molar-refractivity contribution in [3.05, 3.63) is 22.2 Å². The smallest absolute Gasteiger partial charge is 0.252 e. The molecule has 1 fully saturated rings. The van der Waals surface area contributed by atoms with Crippen LogP contribution in [0.15, 0.2) is 10.9 Å². The summed E-state index contributed by atoms with van der Waals surface area (Å²) in [4.78, 5) is 18.6. The molecular weight excluding hydrogens is 230 g/mol. The van der Waals surface area contributed by atoms with Crippen LogP contribution in [0.5, 0.6) is 0 Å². The lowest BCUT2D eigenvalue weighted by Gasteiger charge is -2.51. The lowest BCUT2D eigenvalue weighted by atomic mass is 9.64. The van der Waals surface area contributed by atoms with Gasteiger partial charge in [-0.2, -0.15) is 0 Å². The molecule has 5 nitrogen and oxygen atoms in total. The summed E-state index contributed by atoms with van der Waals surface area (Å²) in [7, 11) is 1.74. The molecule has 0 spiro atoms. The second-order valence-corrected chi connectivity index (χ2v) is 5.41. The van der Waals surface area contributed by atoms with Crippen LogP contribution in [0.4, 0.5) is 5.82 Å². The SMILES string of the molecule is CCc1nc(NC2CC(OC)C2(C)C)cc(=O)[nH]1. The summed E-state index contributed by atoms with van der Waals surface area (Å²) in [5.41, 5.74) is -0.0458. The van der Waals surface area contributed by atoms with Gasteiger partial charge in [0.2, 0.25) is 0 Å². The quantitative estimate of drug-likeness (QED) is 0.852. The predicted molar refractivity (Wildman–Crippen MR) is 70.8 cm³/mol. The van der Waals surface area contributed by atoms with Gasteiger partial charge in [-0.15, -0.1) is 0 Å². The number of hydrogen-bond acceptors (Lipinski definition) is 4. The molecule has 0 radical (unpaired) electrons. The Bertz CT molecular complexity index is 481. The summed E-state index contributed by atoms with van der Waals surface area (Å²) >= 11 is 0. The van der Waals surface area contributed by atoms with Crippen LogP contribution in [0.3, 0.4) is 0 Å². The fourth-order valence-corrected chi connectivity index (χ4v) is 2.46. The summed E-state index contributed by atoms with van der Waals surface area (Å²) in [5.74, 6) is 1.37. The van der Waals surface area contributed by atoms with E-state index >= 15 is 0 Å². The highest BCUT2D eigenvalue weighted by molar-refractivity contribution is 5.36. The van der Waals surface area contributed by atoms with Crippen molar-refractivity contribution in [1.29, 1.82) is 0 Å². The largest absolute Gasteiger partial charge is 0.381 e. The lowest BCUT2D eigenvalue weighted by molar-refractivity contribution is -0.0795. The molecule has 5 heteroatoms. The highest BCUT2D eigenvalue weighted by atomic mass is 16.5. The molecule has 1 heterocycles. The van der Waals surface area contributed by atoms with Gasteiger partial charge in [0.1, 0.15) is 11.6 Å². The third-order valence-electron chi connectivity index (χ3n) is 3.91. The van der Waals surface area contributed by atoms with E-state index in [-0.39, 0.29) is 17.1 Å². The summed E-state index contributed by atoms with van der Waals surface area (Å²) in [6, 6.07) is 1.80. The van der Waals surface area contributed by atoms with Crippen LogP contribution in [0.25, 0.3) is 0 Å². The van der Waals surface area contributed by atoms with Crippen LogP contribution in [0, 0.1) is 5.41 Å². The fourth-order valence-electron chi connectivity index (χ4n) is 2.46. The molecule has 2 rings (SSSR count). The summed E-state index contributed by atoms with van der Waals surface area (Å²) in [6.07, 6.45) is 1.93. The summed E-state index contributed by atoms with van der Waals surface area (Å²) in [5, 5.41) is 3.34. The van der Waals surface area contributed by atoms with Gasteiger partial charge in [0, 0.05) is 31.1 Å². The average Bonchev–Trinajstić information content (AvgIpc) is 2.33. The van der Waals surface area contributed by atoms with Gasteiger partial charge in [-0.1, -0.05) is 20.8 Å². The number of anilines is 1. The van der Waals surface area contributed by atoms with E-state index in [2.05, 4.69) is 29.1 Å². The monoisotopic (exact) mass is 251 g/mol. The second-order valence-electron chi connectivity index (χ2n) is 5.41. The van der Waals surface area contributed by atoms with Crippen molar-refractivity contribution in [2.45, 2.75) is 45.8 Å². The highest BCUT2D eigenvalue weighted by Gasteiger charge is 2.48. The number of hydrogen-bond donors (Lipinski definition) is 2. The zero-order valence-electron chi connectivity index (χ0n) is 11.4. The number of aromatic nitrogens is 2. The van der Waals surface area contributed by atoms with Crippen molar-refractivity contribution in [2.75, 3.05) is 12.4 Å². The number of methoxy groups -OCH3 is 1. The maximum atomic E-state index is 11.5. The van der Waals surface area contributed by atoms with Crippen molar-refractivity contribution < 1.29 is 4.74 Å². The molecule has 0 aromatic carbocycles. The van der Waals surface area contributed by atoms with Gasteiger partial charge in [-0.3, -0.25) is 4.79 Å². The molecule has 0 bridgehead atoms. The number of rotatable bonds is 4.